The van der Waals surface area contributed by atoms with Crippen molar-refractivity contribution in [2.24, 2.45) is 5.92 Å². The molecule has 0 bridgehead atoms. The van der Waals surface area contributed by atoms with E-state index in [1.54, 1.807) is 36.4 Å². The number of aromatic nitrogens is 2. The van der Waals surface area contributed by atoms with Crippen LogP contribution in [0.4, 0.5) is 4.39 Å². The Morgan fingerprint density at radius 2 is 1.82 bits per heavy atom. The summed E-state index contributed by atoms with van der Waals surface area (Å²) in [5.74, 6) is -0.296. The topological polar surface area (TPSA) is 64.0 Å². The molecular formula is C21H22FN3O2S. The second-order valence-electron chi connectivity index (χ2n) is 6.89. The van der Waals surface area contributed by atoms with E-state index in [4.69, 9.17) is 0 Å². The number of hydrogen-bond donors (Lipinski definition) is 1. The summed E-state index contributed by atoms with van der Waals surface area (Å²) in [7, 11) is 0. The molecule has 1 amide bonds. The van der Waals surface area contributed by atoms with Crippen LogP contribution in [-0.4, -0.2) is 27.3 Å². The normalized spacial score (nSPS) is 12.3. The van der Waals surface area contributed by atoms with E-state index in [0.717, 1.165) is 11.8 Å². The van der Waals surface area contributed by atoms with Gasteiger partial charge in [-0.2, -0.15) is 0 Å². The minimum absolute atomic E-state index is 0.0337. The highest BCUT2D eigenvalue weighted by Crippen LogP contribution is 2.22. The monoisotopic (exact) mass is 399 g/mol. The zero-order valence-corrected chi connectivity index (χ0v) is 16.8. The van der Waals surface area contributed by atoms with Gasteiger partial charge in [-0.05, 0) is 37.1 Å². The number of nitrogens with zero attached hydrogens (tertiary/aromatic N) is 2. The largest absolute Gasteiger partial charge is 0.353 e. The van der Waals surface area contributed by atoms with Crippen LogP contribution in [0.3, 0.4) is 0 Å². The molecule has 0 aliphatic heterocycles. The van der Waals surface area contributed by atoms with E-state index in [0.29, 0.717) is 16.8 Å². The van der Waals surface area contributed by atoms with Gasteiger partial charge in [0.2, 0.25) is 5.91 Å². The van der Waals surface area contributed by atoms with Gasteiger partial charge in [0, 0.05) is 6.04 Å². The van der Waals surface area contributed by atoms with Crippen LogP contribution >= 0.6 is 11.8 Å². The molecule has 0 radical (unpaired) electrons. The first-order chi connectivity index (χ1) is 13.4. The molecule has 3 aromatic rings. The molecule has 0 saturated carbocycles. The highest BCUT2D eigenvalue weighted by Gasteiger charge is 2.18. The van der Waals surface area contributed by atoms with Crippen LogP contribution in [-0.2, 0) is 4.79 Å². The fourth-order valence-electron chi connectivity index (χ4n) is 2.65. The number of fused-ring (bicyclic) bond motifs is 1. The summed E-state index contributed by atoms with van der Waals surface area (Å²) in [4.78, 5) is 29.8. The first-order valence-corrected chi connectivity index (χ1v) is 10.1. The van der Waals surface area contributed by atoms with Crippen molar-refractivity contribution in [2.45, 2.75) is 32.0 Å². The van der Waals surface area contributed by atoms with Gasteiger partial charge >= 0.3 is 0 Å². The summed E-state index contributed by atoms with van der Waals surface area (Å²) >= 11 is 1.11. The molecule has 1 unspecified atom stereocenters. The Bertz CT molecular complexity index is 1060. The summed E-state index contributed by atoms with van der Waals surface area (Å²) in [6.07, 6.45) is 0. The molecule has 0 fully saturated rings. The van der Waals surface area contributed by atoms with Gasteiger partial charge < -0.3 is 5.32 Å². The Kier molecular flexibility index (Phi) is 6.14. The van der Waals surface area contributed by atoms with E-state index in [1.165, 1.54) is 16.7 Å². The fourth-order valence-corrected chi connectivity index (χ4v) is 3.46. The third-order valence-corrected chi connectivity index (χ3v) is 5.50. The number of hydrogen-bond acceptors (Lipinski definition) is 4. The Morgan fingerprint density at radius 1 is 1.14 bits per heavy atom. The van der Waals surface area contributed by atoms with Crippen molar-refractivity contribution in [3.8, 4) is 5.69 Å². The highest BCUT2D eigenvalue weighted by molar-refractivity contribution is 7.99. The van der Waals surface area contributed by atoms with Crippen LogP contribution < -0.4 is 10.9 Å². The molecular weight excluding hydrogens is 377 g/mol. The number of benzene rings is 2. The summed E-state index contributed by atoms with van der Waals surface area (Å²) in [5.41, 5.74) is 0.261. The summed E-state index contributed by atoms with van der Waals surface area (Å²) in [6, 6.07) is 13.0. The van der Waals surface area contributed by atoms with Crippen molar-refractivity contribution in [3.63, 3.8) is 0 Å². The van der Waals surface area contributed by atoms with Crippen LogP contribution in [0.2, 0.25) is 0 Å². The lowest BCUT2D eigenvalue weighted by Gasteiger charge is -2.18. The average molecular weight is 399 g/mol. The lowest BCUT2D eigenvalue weighted by molar-refractivity contribution is -0.119. The van der Waals surface area contributed by atoms with Crippen LogP contribution in [0.5, 0.6) is 0 Å². The van der Waals surface area contributed by atoms with Gasteiger partial charge in [0.05, 0.1) is 22.3 Å². The van der Waals surface area contributed by atoms with Crippen molar-refractivity contribution in [1.82, 2.24) is 14.9 Å². The van der Waals surface area contributed by atoms with E-state index >= 15 is 0 Å². The Hall–Kier alpha value is -2.67. The standard InChI is InChI=1S/C21H22FN3O2S/c1-13(2)14(3)23-19(26)12-28-21-24-17-10-6-4-8-15(17)20(27)25(21)18-11-7-5-9-16(18)22/h4-11,13-14H,12H2,1-3H3,(H,23,26). The molecule has 2 aromatic carbocycles. The number of halogens is 1. The number of amides is 1. The summed E-state index contributed by atoms with van der Waals surface area (Å²) in [5, 5.41) is 3.60. The molecule has 0 spiro atoms. The second kappa shape index (κ2) is 8.56. The Labute approximate surface area is 167 Å². The van der Waals surface area contributed by atoms with Crippen molar-refractivity contribution in [3.05, 3.63) is 64.7 Å². The highest BCUT2D eigenvalue weighted by atomic mass is 32.2. The van der Waals surface area contributed by atoms with E-state index in [1.807, 2.05) is 20.8 Å². The third kappa shape index (κ3) is 4.25. The smallest absolute Gasteiger partial charge is 0.266 e. The van der Waals surface area contributed by atoms with Gasteiger partial charge in [-0.1, -0.05) is 49.9 Å². The van der Waals surface area contributed by atoms with E-state index in [9.17, 15) is 14.0 Å². The molecule has 1 aromatic heterocycles. The number of thioether (sulfide) groups is 1. The maximum atomic E-state index is 14.4. The van der Waals surface area contributed by atoms with Gasteiger partial charge in [-0.15, -0.1) is 0 Å². The molecule has 0 saturated heterocycles. The SMILES string of the molecule is CC(C)C(C)NC(=O)CSc1nc2ccccc2c(=O)n1-c1ccccc1F. The Balaban J connectivity index is 2.01. The second-order valence-corrected chi connectivity index (χ2v) is 7.83. The maximum Gasteiger partial charge on any atom is 0.266 e. The fraction of sp³-hybridized carbons (Fsp3) is 0.286. The molecule has 1 heterocycles. The lowest BCUT2D eigenvalue weighted by Crippen LogP contribution is -2.37. The molecule has 28 heavy (non-hydrogen) atoms. The first kappa shape index (κ1) is 20.1. The van der Waals surface area contributed by atoms with Gasteiger partial charge in [0.1, 0.15) is 5.82 Å². The summed E-state index contributed by atoms with van der Waals surface area (Å²) < 4.78 is 15.7. The number of nitrogens with one attached hydrogen (secondary N) is 1. The van der Waals surface area contributed by atoms with Gasteiger partial charge in [0.15, 0.2) is 5.16 Å². The number of carbonyl (C=O) groups excluding carboxylic acids is 1. The van der Waals surface area contributed by atoms with E-state index in [2.05, 4.69) is 10.3 Å². The molecule has 0 aliphatic rings. The van der Waals surface area contributed by atoms with E-state index < -0.39 is 5.82 Å². The van der Waals surface area contributed by atoms with Gasteiger partial charge in [-0.25, -0.2) is 9.37 Å². The molecule has 0 aliphatic carbocycles. The molecule has 5 nitrogen and oxygen atoms in total. The maximum absolute atomic E-state index is 14.4. The third-order valence-electron chi connectivity index (χ3n) is 4.56. The minimum Gasteiger partial charge on any atom is -0.353 e. The zero-order valence-electron chi connectivity index (χ0n) is 16.0. The molecule has 3 rings (SSSR count). The van der Waals surface area contributed by atoms with Crippen molar-refractivity contribution in [1.29, 1.82) is 0 Å². The predicted molar refractivity (Wildman–Crippen MR) is 110 cm³/mol. The van der Waals surface area contributed by atoms with Crippen molar-refractivity contribution < 1.29 is 9.18 Å². The van der Waals surface area contributed by atoms with Crippen LogP contribution in [0.15, 0.2) is 58.5 Å². The van der Waals surface area contributed by atoms with Crippen LogP contribution in [0, 0.1) is 11.7 Å². The van der Waals surface area contributed by atoms with E-state index in [-0.39, 0.29) is 34.1 Å². The predicted octanol–water partition coefficient (Wildman–Crippen LogP) is 3.78. The molecule has 1 atom stereocenters. The quantitative estimate of drug-likeness (QED) is 0.506. The zero-order chi connectivity index (χ0) is 20.3. The van der Waals surface area contributed by atoms with Gasteiger partial charge in [-0.3, -0.25) is 14.2 Å². The average Bonchev–Trinajstić information content (AvgIpc) is 2.67. The van der Waals surface area contributed by atoms with Crippen molar-refractivity contribution >= 4 is 28.6 Å². The first-order valence-electron chi connectivity index (χ1n) is 9.07. The minimum atomic E-state index is -0.526. The van der Waals surface area contributed by atoms with Crippen LogP contribution in [0.1, 0.15) is 20.8 Å². The molecule has 7 heteroatoms. The number of para-hydroxylation sites is 2. The molecule has 1 N–H and O–H groups in total. The number of carbonyl (C=O) groups is 1. The molecule has 146 valence electrons. The number of rotatable bonds is 6. The summed E-state index contributed by atoms with van der Waals surface area (Å²) in [6.45, 7) is 5.99. The van der Waals surface area contributed by atoms with Gasteiger partial charge in [0.25, 0.3) is 5.56 Å². The lowest BCUT2D eigenvalue weighted by atomic mass is 10.1. The van der Waals surface area contributed by atoms with Crippen LogP contribution in [0.25, 0.3) is 16.6 Å². The Morgan fingerprint density at radius 3 is 2.54 bits per heavy atom. The van der Waals surface area contributed by atoms with Crippen molar-refractivity contribution in [2.75, 3.05) is 5.75 Å².